The van der Waals surface area contributed by atoms with E-state index >= 15 is 0 Å². The third-order valence-corrected chi connectivity index (χ3v) is 3.12. The van der Waals surface area contributed by atoms with Gasteiger partial charge in [0, 0.05) is 0 Å². The summed E-state index contributed by atoms with van der Waals surface area (Å²) < 4.78 is 4.89. The number of carboxylic acids is 1. The Kier molecular flexibility index (Phi) is 10.2. The van der Waals surface area contributed by atoms with Crippen LogP contribution in [0.3, 0.4) is 0 Å². The van der Waals surface area contributed by atoms with Gasteiger partial charge in [0.2, 0.25) is 11.8 Å². The van der Waals surface area contributed by atoms with E-state index in [1.807, 2.05) is 6.92 Å². The highest BCUT2D eigenvalue weighted by molar-refractivity contribution is 5.92. The fourth-order valence-electron chi connectivity index (χ4n) is 1.68. The minimum Gasteiger partial charge on any atom is -0.480 e. The molecule has 24 heavy (non-hydrogen) atoms. The Hall–Kier alpha value is -2.32. The van der Waals surface area contributed by atoms with Gasteiger partial charge in [-0.3, -0.25) is 14.4 Å². The van der Waals surface area contributed by atoms with Crippen LogP contribution in [-0.4, -0.2) is 54.2 Å². The first-order valence-corrected chi connectivity index (χ1v) is 7.92. The van der Waals surface area contributed by atoms with E-state index in [2.05, 4.69) is 16.0 Å². The predicted molar refractivity (Wildman–Crippen MR) is 86.3 cm³/mol. The normalized spacial score (nSPS) is 12.9. The largest absolute Gasteiger partial charge is 0.480 e. The van der Waals surface area contributed by atoms with Crippen LogP contribution in [0.4, 0.5) is 4.79 Å². The van der Waals surface area contributed by atoms with Crippen molar-refractivity contribution in [3.8, 4) is 0 Å². The summed E-state index contributed by atoms with van der Waals surface area (Å²) in [6, 6.07) is -1.80. The van der Waals surface area contributed by atoms with Crippen LogP contribution >= 0.6 is 0 Å². The summed E-state index contributed by atoms with van der Waals surface area (Å²) in [5, 5.41) is 15.7. The summed E-state index contributed by atoms with van der Waals surface area (Å²) in [4.78, 5) is 46.0. The second-order valence-corrected chi connectivity index (χ2v) is 5.70. The zero-order valence-corrected chi connectivity index (χ0v) is 14.5. The van der Waals surface area contributed by atoms with Crippen LogP contribution in [0.2, 0.25) is 0 Å². The van der Waals surface area contributed by atoms with E-state index in [1.54, 1.807) is 13.8 Å². The van der Waals surface area contributed by atoms with Gasteiger partial charge in [0.1, 0.15) is 18.6 Å². The van der Waals surface area contributed by atoms with Gasteiger partial charge >= 0.3 is 12.1 Å². The molecule has 3 amide bonds. The lowest BCUT2D eigenvalue weighted by molar-refractivity contribution is -0.138. The zero-order chi connectivity index (χ0) is 18.7. The van der Waals surface area contributed by atoms with Gasteiger partial charge in [0.25, 0.3) is 0 Å². The van der Waals surface area contributed by atoms with E-state index in [1.165, 1.54) is 6.92 Å². The van der Waals surface area contributed by atoms with Crippen molar-refractivity contribution in [1.29, 1.82) is 0 Å². The summed E-state index contributed by atoms with van der Waals surface area (Å²) in [5.41, 5.74) is 0. The number of hydrogen-bond acceptors (Lipinski definition) is 5. The van der Waals surface area contributed by atoms with Gasteiger partial charge in [0.05, 0.1) is 6.61 Å². The molecule has 0 saturated carbocycles. The smallest absolute Gasteiger partial charge is 0.407 e. The van der Waals surface area contributed by atoms with Crippen molar-refractivity contribution in [3.63, 3.8) is 0 Å². The SMILES string of the molecule is CCCCOC(=O)NC(C)C(=O)NC(C(=O)NCC(=O)O)C(C)C. The number of rotatable bonds is 10. The van der Waals surface area contributed by atoms with Crippen molar-refractivity contribution in [2.24, 2.45) is 5.92 Å². The van der Waals surface area contributed by atoms with Crippen molar-refractivity contribution in [3.05, 3.63) is 0 Å². The summed E-state index contributed by atoms with van der Waals surface area (Å²) in [7, 11) is 0. The molecule has 2 atom stereocenters. The minimum atomic E-state index is -1.18. The van der Waals surface area contributed by atoms with E-state index in [-0.39, 0.29) is 12.5 Å². The van der Waals surface area contributed by atoms with Crippen molar-refractivity contribution < 1.29 is 29.0 Å². The Labute approximate surface area is 141 Å². The first-order valence-electron chi connectivity index (χ1n) is 7.92. The molecule has 0 bridgehead atoms. The topological polar surface area (TPSA) is 134 Å². The van der Waals surface area contributed by atoms with E-state index in [0.29, 0.717) is 0 Å². The molecule has 0 radical (unpaired) electrons. The summed E-state index contributed by atoms with van der Waals surface area (Å²) in [6.07, 6.45) is 0.903. The van der Waals surface area contributed by atoms with E-state index in [4.69, 9.17) is 9.84 Å². The Morgan fingerprint density at radius 1 is 1.04 bits per heavy atom. The number of carboxylic acid groups (broad SMARTS) is 1. The van der Waals surface area contributed by atoms with Crippen molar-refractivity contribution >= 4 is 23.9 Å². The summed E-state index contributed by atoms with van der Waals surface area (Å²) in [5.74, 6) is -2.60. The molecule has 2 unspecified atom stereocenters. The maximum atomic E-state index is 12.1. The van der Waals surface area contributed by atoms with Gasteiger partial charge in [-0.2, -0.15) is 0 Å². The molecule has 0 aliphatic carbocycles. The second kappa shape index (κ2) is 11.3. The number of amides is 3. The number of carbonyl (C=O) groups is 4. The molecule has 0 aliphatic heterocycles. The number of alkyl carbamates (subject to hydrolysis) is 1. The molecule has 0 aromatic carbocycles. The summed E-state index contributed by atoms with van der Waals surface area (Å²) >= 11 is 0. The highest BCUT2D eigenvalue weighted by Gasteiger charge is 2.27. The fraction of sp³-hybridized carbons (Fsp3) is 0.733. The first kappa shape index (κ1) is 21.7. The molecule has 9 heteroatoms. The zero-order valence-electron chi connectivity index (χ0n) is 14.5. The molecule has 0 heterocycles. The Morgan fingerprint density at radius 2 is 1.67 bits per heavy atom. The Balaban J connectivity index is 4.51. The van der Waals surface area contributed by atoms with E-state index in [9.17, 15) is 19.2 Å². The summed E-state index contributed by atoms with van der Waals surface area (Å²) in [6.45, 7) is 6.57. The molecule has 0 aliphatic rings. The lowest BCUT2D eigenvalue weighted by Crippen LogP contribution is -2.55. The lowest BCUT2D eigenvalue weighted by Gasteiger charge is -2.23. The van der Waals surface area contributed by atoms with Gasteiger partial charge < -0.3 is 25.8 Å². The highest BCUT2D eigenvalue weighted by Crippen LogP contribution is 2.02. The average molecular weight is 345 g/mol. The van der Waals surface area contributed by atoms with Gasteiger partial charge in [-0.1, -0.05) is 27.2 Å². The number of ether oxygens (including phenoxy) is 1. The molecule has 0 rings (SSSR count). The molecule has 0 aromatic rings. The van der Waals surface area contributed by atoms with Crippen molar-refractivity contribution in [1.82, 2.24) is 16.0 Å². The Bertz CT molecular complexity index is 452. The number of aliphatic carboxylic acids is 1. The quantitative estimate of drug-likeness (QED) is 0.419. The van der Waals surface area contributed by atoms with Crippen molar-refractivity contribution in [2.75, 3.05) is 13.2 Å². The Morgan fingerprint density at radius 3 is 2.17 bits per heavy atom. The monoisotopic (exact) mass is 345 g/mol. The van der Waals surface area contributed by atoms with Crippen LogP contribution in [0, 0.1) is 5.92 Å². The molecule has 9 nitrogen and oxygen atoms in total. The second-order valence-electron chi connectivity index (χ2n) is 5.70. The van der Waals surface area contributed by atoms with Crippen LogP contribution in [0.5, 0.6) is 0 Å². The van der Waals surface area contributed by atoms with Crippen LogP contribution in [0.1, 0.15) is 40.5 Å². The number of unbranched alkanes of at least 4 members (excludes halogenated alkanes) is 1. The van der Waals surface area contributed by atoms with E-state index < -0.39 is 42.5 Å². The van der Waals surface area contributed by atoms with Gasteiger partial charge in [-0.15, -0.1) is 0 Å². The molecule has 0 spiro atoms. The number of nitrogens with one attached hydrogen (secondary N) is 3. The maximum Gasteiger partial charge on any atom is 0.407 e. The molecule has 4 N–H and O–H groups in total. The number of hydrogen-bond donors (Lipinski definition) is 4. The van der Waals surface area contributed by atoms with Crippen molar-refractivity contribution in [2.45, 2.75) is 52.6 Å². The molecule has 0 fully saturated rings. The van der Waals surface area contributed by atoms with Crippen LogP contribution in [0.25, 0.3) is 0 Å². The standard InChI is InChI=1S/C15H27N3O6/c1-5-6-7-24-15(23)17-10(4)13(21)18-12(9(2)3)14(22)16-8-11(19)20/h9-10,12H,5-8H2,1-4H3,(H,16,22)(H,17,23)(H,18,21)(H,19,20). The average Bonchev–Trinajstić information content (AvgIpc) is 2.49. The molecule has 138 valence electrons. The van der Waals surface area contributed by atoms with Gasteiger partial charge in [0.15, 0.2) is 0 Å². The maximum absolute atomic E-state index is 12.1. The third-order valence-electron chi connectivity index (χ3n) is 3.12. The molecular weight excluding hydrogens is 318 g/mol. The third kappa shape index (κ3) is 8.96. The van der Waals surface area contributed by atoms with Gasteiger partial charge in [-0.05, 0) is 19.3 Å². The lowest BCUT2D eigenvalue weighted by atomic mass is 10.0. The molecule has 0 aromatic heterocycles. The van der Waals surface area contributed by atoms with Gasteiger partial charge in [-0.25, -0.2) is 4.79 Å². The predicted octanol–water partition coefficient (Wildman–Crippen LogP) is 0.243. The molecule has 0 saturated heterocycles. The van der Waals surface area contributed by atoms with Crippen LogP contribution in [-0.2, 0) is 19.1 Å². The first-order chi connectivity index (χ1) is 11.2. The number of carbonyl (C=O) groups excluding carboxylic acids is 3. The molecular formula is C15H27N3O6. The van der Waals surface area contributed by atoms with Crippen LogP contribution < -0.4 is 16.0 Å². The van der Waals surface area contributed by atoms with E-state index in [0.717, 1.165) is 12.8 Å². The van der Waals surface area contributed by atoms with Crippen LogP contribution in [0.15, 0.2) is 0 Å². The minimum absolute atomic E-state index is 0.258. The highest BCUT2D eigenvalue weighted by atomic mass is 16.5. The fourth-order valence-corrected chi connectivity index (χ4v) is 1.68.